The van der Waals surface area contributed by atoms with Gasteiger partial charge in [0.15, 0.2) is 11.8 Å². The quantitative estimate of drug-likeness (QED) is 0.217. The van der Waals surface area contributed by atoms with Gasteiger partial charge in [0.1, 0.15) is 5.75 Å². The van der Waals surface area contributed by atoms with E-state index in [-0.39, 0.29) is 24.2 Å². The summed E-state index contributed by atoms with van der Waals surface area (Å²) in [5.41, 5.74) is 6.83. The summed E-state index contributed by atoms with van der Waals surface area (Å²) in [7, 11) is 0. The third kappa shape index (κ3) is 8.38. The molecule has 2 amide bonds. The number of carbonyl (C=O) groups excluding carboxylic acids is 2. The van der Waals surface area contributed by atoms with Crippen molar-refractivity contribution in [2.75, 3.05) is 17.7 Å². The molecule has 3 rings (SSSR count). The van der Waals surface area contributed by atoms with Crippen LogP contribution < -0.4 is 15.5 Å². The summed E-state index contributed by atoms with van der Waals surface area (Å²) in [6.07, 6.45) is 1.53. The minimum Gasteiger partial charge on any atom is -0.484 e. The molecule has 0 aliphatic rings. The number of anilines is 1. The molecule has 0 fully saturated rings. The molecular weight excluding hydrogens is 438 g/mol. The molecule has 0 aliphatic carbocycles. The number of amides is 2. The van der Waals surface area contributed by atoms with Gasteiger partial charge in [-0.3, -0.25) is 9.59 Å². The van der Waals surface area contributed by atoms with Gasteiger partial charge >= 0.3 is 0 Å². The third-order valence-electron chi connectivity index (χ3n) is 4.28. The third-order valence-corrected chi connectivity index (χ3v) is 5.13. The fraction of sp³-hybridized carbons (Fsp3) is 0.208. The van der Waals surface area contributed by atoms with Gasteiger partial charge in [-0.15, -0.1) is 0 Å². The van der Waals surface area contributed by atoms with Gasteiger partial charge in [-0.05, 0) is 68.8 Å². The van der Waals surface area contributed by atoms with Crippen molar-refractivity contribution in [2.24, 2.45) is 5.10 Å². The monoisotopic (exact) mass is 463 g/mol. The van der Waals surface area contributed by atoms with E-state index >= 15 is 0 Å². The lowest BCUT2D eigenvalue weighted by Gasteiger charge is -2.08. The van der Waals surface area contributed by atoms with Gasteiger partial charge in [0, 0.05) is 17.1 Å². The zero-order valence-electron chi connectivity index (χ0n) is 18.7. The predicted molar refractivity (Wildman–Crippen MR) is 130 cm³/mol. The van der Waals surface area contributed by atoms with Gasteiger partial charge < -0.3 is 10.1 Å². The van der Waals surface area contributed by atoms with Crippen molar-refractivity contribution in [3.8, 4) is 5.75 Å². The lowest BCUT2D eigenvalue weighted by Crippen LogP contribution is -2.20. The molecule has 2 N–H and O–H groups in total. The first-order valence-electron chi connectivity index (χ1n) is 10.2. The van der Waals surface area contributed by atoms with Crippen molar-refractivity contribution in [2.45, 2.75) is 25.9 Å². The van der Waals surface area contributed by atoms with Crippen LogP contribution in [0.25, 0.3) is 0 Å². The predicted octanol–water partition coefficient (Wildman–Crippen LogP) is 3.66. The molecule has 0 aliphatic heterocycles. The molecule has 0 atom stereocenters. The number of hydrogen-bond donors (Lipinski definition) is 2. The Balaban J connectivity index is 1.39. The summed E-state index contributed by atoms with van der Waals surface area (Å²) in [5.74, 6) is 0.229. The Morgan fingerprint density at radius 2 is 1.64 bits per heavy atom. The number of hydrogen-bond acceptors (Lipinski definition) is 7. The number of nitrogens with zero attached hydrogens (tertiary/aromatic N) is 3. The Morgan fingerprint density at radius 3 is 2.30 bits per heavy atom. The Labute approximate surface area is 196 Å². The molecular formula is C24H25N5O3S. The van der Waals surface area contributed by atoms with Crippen molar-refractivity contribution in [1.29, 1.82) is 0 Å². The number of hydrazone groups is 1. The van der Waals surface area contributed by atoms with Gasteiger partial charge in [0.05, 0.1) is 12.0 Å². The van der Waals surface area contributed by atoms with Crippen LogP contribution in [0, 0.1) is 20.8 Å². The number of aryl methyl sites for hydroxylation is 3. The molecule has 0 bridgehead atoms. The molecule has 0 spiro atoms. The average molecular weight is 464 g/mol. The van der Waals surface area contributed by atoms with Crippen LogP contribution in [0.4, 0.5) is 5.69 Å². The number of ether oxygens (including phenoxy) is 1. The molecule has 170 valence electrons. The number of rotatable bonds is 9. The molecule has 33 heavy (non-hydrogen) atoms. The van der Waals surface area contributed by atoms with Gasteiger partial charge in [0.25, 0.3) is 11.8 Å². The Bertz CT molecular complexity index is 1110. The summed E-state index contributed by atoms with van der Waals surface area (Å²) in [6.45, 7) is 5.66. The first kappa shape index (κ1) is 23.9. The average Bonchev–Trinajstić information content (AvgIpc) is 2.78. The minimum absolute atomic E-state index is 0.0980. The lowest BCUT2D eigenvalue weighted by atomic mass is 10.2. The van der Waals surface area contributed by atoms with Crippen LogP contribution in [-0.4, -0.2) is 40.4 Å². The van der Waals surface area contributed by atoms with E-state index in [9.17, 15) is 9.59 Å². The van der Waals surface area contributed by atoms with Crippen LogP contribution in [0.15, 0.2) is 64.9 Å². The van der Waals surface area contributed by atoms with Crippen molar-refractivity contribution in [3.63, 3.8) is 0 Å². The number of carbonyl (C=O) groups is 2. The SMILES string of the molecule is Cc1ccc(NC(=O)COc2ccc(/C=N\NC(=O)CSc3nc(C)cc(C)n3)cc2)cc1. The summed E-state index contributed by atoms with van der Waals surface area (Å²) in [5, 5.41) is 7.31. The summed E-state index contributed by atoms with van der Waals surface area (Å²) < 4.78 is 5.51. The van der Waals surface area contributed by atoms with Crippen molar-refractivity contribution >= 4 is 35.5 Å². The molecule has 0 saturated carbocycles. The summed E-state index contributed by atoms with van der Waals surface area (Å²) in [6, 6.07) is 16.4. The van der Waals surface area contributed by atoms with Gasteiger partial charge in [-0.2, -0.15) is 5.10 Å². The first-order chi connectivity index (χ1) is 15.9. The van der Waals surface area contributed by atoms with E-state index in [4.69, 9.17) is 4.74 Å². The zero-order valence-corrected chi connectivity index (χ0v) is 19.5. The summed E-state index contributed by atoms with van der Waals surface area (Å²) >= 11 is 1.26. The molecule has 0 radical (unpaired) electrons. The van der Waals surface area contributed by atoms with Gasteiger partial charge in [-0.1, -0.05) is 29.5 Å². The van der Waals surface area contributed by atoms with Crippen molar-refractivity contribution < 1.29 is 14.3 Å². The Hall–Kier alpha value is -3.72. The first-order valence-corrected chi connectivity index (χ1v) is 11.2. The van der Waals surface area contributed by atoms with Gasteiger partial charge in [-0.25, -0.2) is 15.4 Å². The second-order valence-corrected chi connectivity index (χ2v) is 8.23. The fourth-order valence-electron chi connectivity index (χ4n) is 2.73. The van der Waals surface area contributed by atoms with E-state index < -0.39 is 0 Å². The van der Waals surface area contributed by atoms with Crippen LogP contribution >= 0.6 is 11.8 Å². The van der Waals surface area contributed by atoms with E-state index in [2.05, 4.69) is 25.8 Å². The van der Waals surface area contributed by atoms with Crippen LogP contribution in [0.2, 0.25) is 0 Å². The number of benzene rings is 2. The van der Waals surface area contributed by atoms with E-state index in [1.165, 1.54) is 18.0 Å². The molecule has 0 unspecified atom stereocenters. The van der Waals surface area contributed by atoms with Crippen LogP contribution in [0.1, 0.15) is 22.5 Å². The molecule has 1 aromatic heterocycles. The molecule has 2 aromatic carbocycles. The highest BCUT2D eigenvalue weighted by molar-refractivity contribution is 7.99. The maximum atomic E-state index is 12.0. The van der Waals surface area contributed by atoms with E-state index in [0.29, 0.717) is 10.9 Å². The minimum atomic E-state index is -0.251. The highest BCUT2D eigenvalue weighted by Crippen LogP contribution is 2.14. The van der Waals surface area contributed by atoms with Crippen LogP contribution in [0.3, 0.4) is 0 Å². The maximum Gasteiger partial charge on any atom is 0.262 e. The molecule has 1 heterocycles. The van der Waals surface area contributed by atoms with E-state index in [1.54, 1.807) is 24.3 Å². The molecule has 0 saturated heterocycles. The summed E-state index contributed by atoms with van der Waals surface area (Å²) in [4.78, 5) is 32.6. The van der Waals surface area contributed by atoms with Crippen molar-refractivity contribution in [1.82, 2.24) is 15.4 Å². The highest BCUT2D eigenvalue weighted by atomic mass is 32.2. The second kappa shape index (κ2) is 11.8. The lowest BCUT2D eigenvalue weighted by molar-refractivity contribution is -0.119. The number of nitrogens with one attached hydrogen (secondary N) is 2. The normalized spacial score (nSPS) is 10.8. The van der Waals surface area contributed by atoms with Crippen molar-refractivity contribution in [3.05, 3.63) is 77.1 Å². The highest BCUT2D eigenvalue weighted by Gasteiger charge is 2.06. The largest absolute Gasteiger partial charge is 0.484 e. The smallest absolute Gasteiger partial charge is 0.262 e. The molecule has 3 aromatic rings. The van der Waals surface area contributed by atoms with Crippen LogP contribution in [-0.2, 0) is 9.59 Å². The van der Waals surface area contributed by atoms with Gasteiger partial charge in [0.2, 0.25) is 0 Å². The topological polar surface area (TPSA) is 106 Å². The zero-order chi connectivity index (χ0) is 23.6. The number of aromatic nitrogens is 2. The molecule has 8 nitrogen and oxygen atoms in total. The fourth-order valence-corrected chi connectivity index (χ4v) is 3.47. The number of thioether (sulfide) groups is 1. The van der Waals surface area contributed by atoms with Crippen LogP contribution in [0.5, 0.6) is 5.75 Å². The second-order valence-electron chi connectivity index (χ2n) is 7.29. The Kier molecular flexibility index (Phi) is 8.54. The standard InChI is InChI=1S/C24H25N5O3S/c1-16-4-8-20(9-5-16)28-22(30)14-32-21-10-6-19(7-11-21)13-25-29-23(31)15-33-24-26-17(2)12-18(3)27-24/h4-13H,14-15H2,1-3H3,(H,28,30)(H,29,31)/b25-13-. The maximum absolute atomic E-state index is 12.0. The molecule has 9 heteroatoms. The van der Waals surface area contributed by atoms with E-state index in [0.717, 1.165) is 28.2 Å². The Morgan fingerprint density at radius 1 is 0.970 bits per heavy atom. The van der Waals surface area contributed by atoms with E-state index in [1.807, 2.05) is 51.1 Å².